The molecular weight excluding hydrogens is 290 g/mol. The first-order valence-electron chi connectivity index (χ1n) is 9.22. The molecule has 0 spiro atoms. The van der Waals surface area contributed by atoms with Gasteiger partial charge in [-0.15, -0.1) is 0 Å². The molecule has 1 saturated heterocycles. The molecule has 0 saturated carbocycles. The van der Waals surface area contributed by atoms with Gasteiger partial charge in [0.1, 0.15) is 6.04 Å². The zero-order chi connectivity index (χ0) is 16.3. The molecule has 2 aliphatic rings. The second kappa shape index (κ2) is 10.8. The lowest BCUT2D eigenvalue weighted by Crippen LogP contribution is -2.51. The molecule has 0 aromatic heterocycles. The number of hydrogen-bond donors (Lipinski definition) is 2. The van der Waals surface area contributed by atoms with E-state index in [4.69, 9.17) is 4.74 Å². The fraction of sp³-hybridized carbons (Fsp3) is 0.833. The summed E-state index contributed by atoms with van der Waals surface area (Å²) >= 11 is 0. The van der Waals surface area contributed by atoms with Crippen LogP contribution in [-0.4, -0.2) is 56.4 Å². The van der Waals surface area contributed by atoms with Crippen molar-refractivity contribution in [3.8, 4) is 0 Å². The second-order valence-electron chi connectivity index (χ2n) is 6.65. The molecule has 0 radical (unpaired) electrons. The highest BCUT2D eigenvalue weighted by atomic mass is 16.5. The highest BCUT2D eigenvalue weighted by molar-refractivity contribution is 5.75. The summed E-state index contributed by atoms with van der Waals surface area (Å²) in [6, 6.07) is 0.329. The van der Waals surface area contributed by atoms with E-state index in [1.54, 1.807) is 0 Å². The maximum absolute atomic E-state index is 12.0. The number of rotatable bonds is 1. The number of ether oxygens (including phenoxy) is 1. The Morgan fingerprint density at radius 1 is 1.13 bits per heavy atom. The van der Waals surface area contributed by atoms with Gasteiger partial charge in [0.05, 0.1) is 7.11 Å². The van der Waals surface area contributed by atoms with E-state index >= 15 is 0 Å². The maximum Gasteiger partial charge on any atom is 0.322 e. The quantitative estimate of drug-likeness (QED) is 0.571. The van der Waals surface area contributed by atoms with Crippen LogP contribution in [0, 0.1) is 0 Å². The molecule has 0 aliphatic carbocycles. The fourth-order valence-electron chi connectivity index (χ4n) is 3.46. The van der Waals surface area contributed by atoms with E-state index < -0.39 is 0 Å². The molecule has 5 heteroatoms. The zero-order valence-corrected chi connectivity index (χ0v) is 14.6. The van der Waals surface area contributed by atoms with Crippen LogP contribution in [0.3, 0.4) is 0 Å². The van der Waals surface area contributed by atoms with Crippen molar-refractivity contribution in [1.82, 2.24) is 15.5 Å². The molecule has 0 amide bonds. The monoisotopic (exact) mass is 323 g/mol. The Hall–Kier alpha value is -0.910. The van der Waals surface area contributed by atoms with Crippen LogP contribution in [0.25, 0.3) is 0 Å². The summed E-state index contributed by atoms with van der Waals surface area (Å²) in [5.41, 5.74) is 0. The van der Waals surface area contributed by atoms with Crippen LogP contribution in [0.2, 0.25) is 0 Å². The summed E-state index contributed by atoms with van der Waals surface area (Å²) in [6.45, 7) is 4.08. The summed E-state index contributed by atoms with van der Waals surface area (Å²) < 4.78 is 4.96. The van der Waals surface area contributed by atoms with Crippen LogP contribution < -0.4 is 10.6 Å². The Morgan fingerprint density at radius 3 is 2.87 bits per heavy atom. The Kier molecular flexibility index (Phi) is 8.64. The molecule has 0 aromatic carbocycles. The molecule has 5 nitrogen and oxygen atoms in total. The molecule has 2 unspecified atom stereocenters. The van der Waals surface area contributed by atoms with E-state index in [9.17, 15) is 4.79 Å². The molecule has 2 aliphatic heterocycles. The summed E-state index contributed by atoms with van der Waals surface area (Å²) in [5, 5.41) is 7.04. The summed E-state index contributed by atoms with van der Waals surface area (Å²) in [4.78, 5) is 14.5. The van der Waals surface area contributed by atoms with Crippen molar-refractivity contribution in [3.63, 3.8) is 0 Å². The predicted molar refractivity (Wildman–Crippen MR) is 93.2 cm³/mol. The predicted octanol–water partition coefficient (Wildman–Crippen LogP) is 2.04. The number of nitrogens with zero attached hydrogens (tertiary/aromatic N) is 1. The number of allylic oxidation sites excluding steroid dienone is 2. The van der Waals surface area contributed by atoms with Gasteiger partial charge >= 0.3 is 5.97 Å². The average molecular weight is 323 g/mol. The van der Waals surface area contributed by atoms with Crippen molar-refractivity contribution < 1.29 is 9.53 Å². The SMILES string of the molecule is COC(=O)C1CCC=CCCCCNCN2CCCCC2CN1. The highest BCUT2D eigenvalue weighted by Gasteiger charge is 2.25. The number of fused-ring (bicyclic) bond motifs is 1. The minimum atomic E-state index is -0.188. The molecule has 0 aromatic rings. The van der Waals surface area contributed by atoms with Crippen molar-refractivity contribution in [1.29, 1.82) is 0 Å². The largest absolute Gasteiger partial charge is 0.468 e. The van der Waals surface area contributed by atoms with E-state index in [-0.39, 0.29) is 12.0 Å². The van der Waals surface area contributed by atoms with Gasteiger partial charge in [0, 0.05) is 19.3 Å². The lowest BCUT2D eigenvalue weighted by atomic mass is 10.0. The van der Waals surface area contributed by atoms with Gasteiger partial charge in [-0.3, -0.25) is 9.69 Å². The van der Waals surface area contributed by atoms with Crippen LogP contribution in [-0.2, 0) is 9.53 Å². The van der Waals surface area contributed by atoms with E-state index in [1.165, 1.54) is 39.2 Å². The molecule has 2 N–H and O–H groups in total. The minimum absolute atomic E-state index is 0.136. The second-order valence-corrected chi connectivity index (χ2v) is 6.65. The molecule has 0 bridgehead atoms. The number of esters is 1. The van der Waals surface area contributed by atoms with Gasteiger partial charge in [0.15, 0.2) is 0 Å². The van der Waals surface area contributed by atoms with E-state index in [0.717, 1.165) is 45.6 Å². The van der Waals surface area contributed by atoms with Crippen LogP contribution >= 0.6 is 0 Å². The Morgan fingerprint density at radius 2 is 2.00 bits per heavy atom. The number of piperidine rings is 1. The highest BCUT2D eigenvalue weighted by Crippen LogP contribution is 2.16. The summed E-state index contributed by atoms with van der Waals surface area (Å²) in [6.07, 6.45) is 13.6. The normalized spacial score (nSPS) is 29.1. The molecule has 23 heavy (non-hydrogen) atoms. The third-order valence-corrected chi connectivity index (χ3v) is 4.91. The van der Waals surface area contributed by atoms with Gasteiger partial charge in [-0.1, -0.05) is 18.6 Å². The third kappa shape index (κ3) is 6.61. The van der Waals surface area contributed by atoms with Crippen molar-refractivity contribution in [2.75, 3.05) is 33.4 Å². The van der Waals surface area contributed by atoms with Crippen molar-refractivity contribution in [2.45, 2.75) is 63.5 Å². The lowest BCUT2D eigenvalue weighted by Gasteiger charge is -2.36. The van der Waals surface area contributed by atoms with Gasteiger partial charge in [-0.2, -0.15) is 0 Å². The third-order valence-electron chi connectivity index (χ3n) is 4.91. The minimum Gasteiger partial charge on any atom is -0.468 e. The van der Waals surface area contributed by atoms with E-state index in [2.05, 4.69) is 27.7 Å². The smallest absolute Gasteiger partial charge is 0.322 e. The first kappa shape index (κ1) is 18.4. The van der Waals surface area contributed by atoms with Crippen LogP contribution in [0.15, 0.2) is 12.2 Å². The van der Waals surface area contributed by atoms with Crippen LogP contribution in [0.4, 0.5) is 0 Å². The number of carbonyl (C=O) groups excluding carboxylic acids is 1. The standard InChI is InChI=1S/C18H33N3O2/c1-23-18(22)17-11-6-4-2-3-5-8-12-19-15-21-13-9-7-10-16(21)14-20-17/h2,4,16-17,19-20H,3,5-15H2,1H3. The summed E-state index contributed by atoms with van der Waals surface area (Å²) in [7, 11) is 1.48. The van der Waals surface area contributed by atoms with E-state index in [0.29, 0.717) is 6.04 Å². The van der Waals surface area contributed by atoms with Crippen molar-refractivity contribution >= 4 is 5.97 Å². The fourth-order valence-corrected chi connectivity index (χ4v) is 3.46. The number of hydrogen-bond acceptors (Lipinski definition) is 5. The van der Waals surface area contributed by atoms with E-state index in [1.807, 2.05) is 0 Å². The van der Waals surface area contributed by atoms with Crippen molar-refractivity contribution in [3.05, 3.63) is 12.2 Å². The topological polar surface area (TPSA) is 53.6 Å². The Bertz CT molecular complexity index is 373. The molecule has 1 fully saturated rings. The average Bonchev–Trinajstić information content (AvgIpc) is 2.59. The van der Waals surface area contributed by atoms with Gasteiger partial charge in [-0.05, 0) is 58.0 Å². The molecule has 2 rings (SSSR count). The maximum atomic E-state index is 12.0. The Balaban J connectivity index is 1.95. The summed E-state index contributed by atoms with van der Waals surface area (Å²) in [5.74, 6) is -0.136. The zero-order valence-electron chi connectivity index (χ0n) is 14.6. The molecule has 132 valence electrons. The molecular formula is C18H33N3O2. The van der Waals surface area contributed by atoms with Crippen LogP contribution in [0.5, 0.6) is 0 Å². The molecule has 2 heterocycles. The Labute approximate surface area is 140 Å². The van der Waals surface area contributed by atoms with Gasteiger partial charge in [0.2, 0.25) is 0 Å². The van der Waals surface area contributed by atoms with Gasteiger partial charge in [0.25, 0.3) is 0 Å². The first-order chi connectivity index (χ1) is 11.3. The lowest BCUT2D eigenvalue weighted by molar-refractivity contribution is -0.143. The van der Waals surface area contributed by atoms with Gasteiger partial charge in [-0.25, -0.2) is 0 Å². The van der Waals surface area contributed by atoms with Crippen LogP contribution in [0.1, 0.15) is 51.4 Å². The number of nitrogens with one attached hydrogen (secondary N) is 2. The number of carbonyl (C=O) groups is 1. The van der Waals surface area contributed by atoms with Crippen molar-refractivity contribution in [2.24, 2.45) is 0 Å². The van der Waals surface area contributed by atoms with Gasteiger partial charge < -0.3 is 15.4 Å². The first-order valence-corrected chi connectivity index (χ1v) is 9.22. The molecule has 2 atom stereocenters. The number of methoxy groups -OCH3 is 1.